The Labute approximate surface area is 110 Å². The third kappa shape index (κ3) is 2.40. The first-order valence-corrected chi connectivity index (χ1v) is 6.53. The summed E-state index contributed by atoms with van der Waals surface area (Å²) >= 11 is 0. The highest BCUT2D eigenvalue weighted by Gasteiger charge is 2.13. The molecule has 1 aromatic rings. The predicted octanol–water partition coefficient (Wildman–Crippen LogP) is 4.31. The summed E-state index contributed by atoms with van der Waals surface area (Å²) in [6.07, 6.45) is 9.42. The Morgan fingerprint density at radius 3 is 2.61 bits per heavy atom. The molecule has 0 bridgehead atoms. The highest BCUT2D eigenvalue weighted by Crippen LogP contribution is 2.28. The lowest BCUT2D eigenvalue weighted by atomic mass is 10.0. The molecule has 94 valence electrons. The summed E-state index contributed by atoms with van der Waals surface area (Å²) in [7, 11) is 0. The van der Waals surface area contributed by atoms with Crippen LogP contribution in [-0.2, 0) is 6.42 Å². The van der Waals surface area contributed by atoms with Crippen LogP contribution in [0.1, 0.15) is 23.6 Å². The number of aryl methyl sites for hydroxylation is 2. The SMILES string of the molecule is C=C1/C=C\C=C/Cc2cc(C)c(C)cc2N1CC. The van der Waals surface area contributed by atoms with E-state index in [4.69, 9.17) is 0 Å². The van der Waals surface area contributed by atoms with Crippen molar-refractivity contribution in [2.24, 2.45) is 0 Å². The number of fused-ring (bicyclic) bond motifs is 1. The van der Waals surface area contributed by atoms with E-state index < -0.39 is 0 Å². The van der Waals surface area contributed by atoms with Crippen molar-refractivity contribution in [1.29, 1.82) is 0 Å². The number of allylic oxidation sites excluding steroid dienone is 4. The fourth-order valence-electron chi connectivity index (χ4n) is 2.33. The van der Waals surface area contributed by atoms with Crippen molar-refractivity contribution in [3.8, 4) is 0 Å². The van der Waals surface area contributed by atoms with Gasteiger partial charge < -0.3 is 4.90 Å². The Kier molecular flexibility index (Phi) is 3.71. The lowest BCUT2D eigenvalue weighted by Crippen LogP contribution is -2.21. The second-order valence-electron chi connectivity index (χ2n) is 4.79. The lowest BCUT2D eigenvalue weighted by molar-refractivity contribution is 0.967. The summed E-state index contributed by atoms with van der Waals surface area (Å²) in [5.74, 6) is 0. The van der Waals surface area contributed by atoms with Crippen molar-refractivity contribution in [3.05, 3.63) is 65.4 Å². The molecule has 0 radical (unpaired) electrons. The molecule has 0 aromatic heterocycles. The van der Waals surface area contributed by atoms with Crippen molar-refractivity contribution in [1.82, 2.24) is 0 Å². The van der Waals surface area contributed by atoms with Gasteiger partial charge >= 0.3 is 0 Å². The van der Waals surface area contributed by atoms with Gasteiger partial charge in [-0.1, -0.05) is 30.9 Å². The van der Waals surface area contributed by atoms with Crippen LogP contribution < -0.4 is 4.90 Å². The van der Waals surface area contributed by atoms with Gasteiger partial charge in [0.2, 0.25) is 0 Å². The number of hydrogen-bond donors (Lipinski definition) is 0. The molecule has 0 saturated carbocycles. The standard InChI is InChI=1S/C17H21N/c1-5-18-15(4)9-7-6-8-10-16-11-13(2)14(3)12-17(16)18/h6-9,11-12H,4-5,10H2,1-3H3/b8-6-,9-7-. The monoisotopic (exact) mass is 239 g/mol. The van der Waals surface area contributed by atoms with Crippen molar-refractivity contribution >= 4 is 5.69 Å². The third-order valence-electron chi connectivity index (χ3n) is 3.52. The molecular formula is C17H21N. The van der Waals surface area contributed by atoms with Crippen LogP contribution in [0.15, 0.2) is 48.7 Å². The Bertz CT molecular complexity index is 521. The Hall–Kier alpha value is -1.76. The molecule has 2 rings (SSSR count). The van der Waals surface area contributed by atoms with E-state index in [1.165, 1.54) is 22.4 Å². The van der Waals surface area contributed by atoms with Gasteiger partial charge in [0.25, 0.3) is 0 Å². The molecule has 0 fully saturated rings. The van der Waals surface area contributed by atoms with Gasteiger partial charge in [-0.25, -0.2) is 0 Å². The van der Waals surface area contributed by atoms with Crippen molar-refractivity contribution in [2.75, 3.05) is 11.4 Å². The molecule has 1 heterocycles. The van der Waals surface area contributed by atoms with E-state index in [-0.39, 0.29) is 0 Å². The number of hydrogen-bond acceptors (Lipinski definition) is 1. The summed E-state index contributed by atoms with van der Waals surface area (Å²) in [5, 5.41) is 0. The van der Waals surface area contributed by atoms with Crippen LogP contribution in [0.25, 0.3) is 0 Å². The summed E-state index contributed by atoms with van der Waals surface area (Å²) in [5.41, 5.74) is 6.42. The molecule has 0 aliphatic carbocycles. The Morgan fingerprint density at radius 2 is 1.89 bits per heavy atom. The lowest BCUT2D eigenvalue weighted by Gasteiger charge is -2.26. The molecule has 1 nitrogen and oxygen atoms in total. The molecule has 0 saturated heterocycles. The topological polar surface area (TPSA) is 3.24 Å². The largest absolute Gasteiger partial charge is 0.342 e. The van der Waals surface area contributed by atoms with E-state index in [0.717, 1.165) is 18.7 Å². The van der Waals surface area contributed by atoms with Gasteiger partial charge in [-0.05, 0) is 56.0 Å². The van der Waals surface area contributed by atoms with Crippen molar-refractivity contribution in [3.63, 3.8) is 0 Å². The number of anilines is 1. The Balaban J connectivity index is 2.59. The van der Waals surface area contributed by atoms with Gasteiger partial charge in [0, 0.05) is 17.9 Å². The quantitative estimate of drug-likeness (QED) is 0.705. The zero-order chi connectivity index (χ0) is 13.1. The van der Waals surface area contributed by atoms with Crippen molar-refractivity contribution in [2.45, 2.75) is 27.2 Å². The molecular weight excluding hydrogens is 218 g/mol. The minimum atomic E-state index is 0.943. The minimum absolute atomic E-state index is 0.943. The average Bonchev–Trinajstić information content (AvgIpc) is 2.40. The normalized spacial score (nSPS) is 18.6. The predicted molar refractivity (Wildman–Crippen MR) is 80.1 cm³/mol. The van der Waals surface area contributed by atoms with Crippen LogP contribution in [0.4, 0.5) is 5.69 Å². The summed E-state index contributed by atoms with van der Waals surface area (Å²) < 4.78 is 0. The van der Waals surface area contributed by atoms with Crippen LogP contribution in [0, 0.1) is 13.8 Å². The first-order valence-electron chi connectivity index (χ1n) is 6.53. The van der Waals surface area contributed by atoms with Gasteiger partial charge in [-0.3, -0.25) is 0 Å². The van der Waals surface area contributed by atoms with Gasteiger partial charge in [-0.15, -0.1) is 0 Å². The first kappa shape index (κ1) is 12.7. The van der Waals surface area contributed by atoms with E-state index in [1.807, 2.05) is 0 Å². The van der Waals surface area contributed by atoms with Crippen LogP contribution in [0.2, 0.25) is 0 Å². The van der Waals surface area contributed by atoms with Gasteiger partial charge in [0.15, 0.2) is 0 Å². The van der Waals surface area contributed by atoms with E-state index in [2.05, 4.69) is 68.7 Å². The fourth-order valence-corrected chi connectivity index (χ4v) is 2.33. The molecule has 0 atom stereocenters. The Morgan fingerprint density at radius 1 is 1.17 bits per heavy atom. The molecule has 1 aliphatic rings. The van der Waals surface area contributed by atoms with Crippen LogP contribution >= 0.6 is 0 Å². The summed E-state index contributed by atoms with van der Waals surface area (Å²) in [6.45, 7) is 11.6. The number of benzene rings is 1. The van der Waals surface area contributed by atoms with E-state index in [0.29, 0.717) is 0 Å². The number of nitrogens with zero attached hydrogens (tertiary/aromatic N) is 1. The molecule has 0 unspecified atom stereocenters. The summed E-state index contributed by atoms with van der Waals surface area (Å²) in [6, 6.07) is 4.59. The highest BCUT2D eigenvalue weighted by atomic mass is 15.1. The fraction of sp³-hybridized carbons (Fsp3) is 0.294. The number of rotatable bonds is 1. The smallest absolute Gasteiger partial charge is 0.0449 e. The third-order valence-corrected chi connectivity index (χ3v) is 3.52. The molecule has 1 aliphatic heterocycles. The maximum Gasteiger partial charge on any atom is 0.0449 e. The molecule has 1 aromatic carbocycles. The van der Waals surface area contributed by atoms with Crippen LogP contribution in [0.5, 0.6) is 0 Å². The van der Waals surface area contributed by atoms with Gasteiger partial charge in [0.05, 0.1) is 0 Å². The second kappa shape index (κ2) is 5.26. The maximum atomic E-state index is 4.17. The minimum Gasteiger partial charge on any atom is -0.342 e. The zero-order valence-corrected chi connectivity index (χ0v) is 11.5. The summed E-state index contributed by atoms with van der Waals surface area (Å²) in [4.78, 5) is 2.28. The van der Waals surface area contributed by atoms with Gasteiger partial charge in [-0.2, -0.15) is 0 Å². The average molecular weight is 239 g/mol. The van der Waals surface area contributed by atoms with Crippen molar-refractivity contribution < 1.29 is 0 Å². The van der Waals surface area contributed by atoms with Crippen LogP contribution in [0.3, 0.4) is 0 Å². The molecule has 18 heavy (non-hydrogen) atoms. The van der Waals surface area contributed by atoms with E-state index >= 15 is 0 Å². The zero-order valence-electron chi connectivity index (χ0n) is 11.5. The molecule has 0 spiro atoms. The highest BCUT2D eigenvalue weighted by molar-refractivity contribution is 5.63. The maximum absolute atomic E-state index is 4.17. The molecule has 1 heteroatoms. The van der Waals surface area contributed by atoms with Gasteiger partial charge in [0.1, 0.15) is 0 Å². The van der Waals surface area contributed by atoms with E-state index in [9.17, 15) is 0 Å². The molecule has 0 amide bonds. The van der Waals surface area contributed by atoms with E-state index in [1.54, 1.807) is 0 Å². The second-order valence-corrected chi connectivity index (χ2v) is 4.79. The first-order chi connectivity index (χ1) is 8.63. The molecule has 0 N–H and O–H groups in total. The van der Waals surface area contributed by atoms with Crippen LogP contribution in [-0.4, -0.2) is 6.54 Å². The number of likely N-dealkylation sites (N-methyl/N-ethyl adjacent to an activating group) is 1.